The molecule has 0 unspecified atom stereocenters. The van der Waals surface area contributed by atoms with Gasteiger partial charge in [-0.05, 0) is 12.8 Å². The van der Waals surface area contributed by atoms with E-state index in [1.807, 2.05) is 13.8 Å². The minimum Gasteiger partial charge on any atom is -0.447 e. The second kappa shape index (κ2) is 6.18. The highest BCUT2D eigenvalue weighted by Crippen LogP contribution is 2.18. The molecule has 0 aliphatic carbocycles. The first-order valence-corrected chi connectivity index (χ1v) is 7.87. The van der Waals surface area contributed by atoms with Crippen molar-refractivity contribution in [1.29, 1.82) is 0 Å². The van der Waals surface area contributed by atoms with E-state index in [1.165, 1.54) is 0 Å². The van der Waals surface area contributed by atoms with Gasteiger partial charge in [0.2, 0.25) is 10.0 Å². The van der Waals surface area contributed by atoms with Gasteiger partial charge in [0.25, 0.3) is 5.91 Å². The highest BCUT2D eigenvalue weighted by atomic mass is 32.2. The van der Waals surface area contributed by atoms with Gasteiger partial charge in [-0.2, -0.15) is 0 Å². The fourth-order valence-electron chi connectivity index (χ4n) is 1.82. The summed E-state index contributed by atoms with van der Waals surface area (Å²) in [6.45, 7) is 7.22. The Labute approximate surface area is 113 Å². The first-order valence-electron chi connectivity index (χ1n) is 6.32. The summed E-state index contributed by atoms with van der Waals surface area (Å²) in [6, 6.07) is 0. The molecule has 1 amide bonds. The molecule has 0 saturated carbocycles. The molecule has 1 aromatic rings. The molecule has 0 spiro atoms. The van der Waals surface area contributed by atoms with Crippen molar-refractivity contribution in [1.82, 2.24) is 9.71 Å². The predicted molar refractivity (Wildman–Crippen MR) is 71.3 cm³/mol. The maximum absolute atomic E-state index is 12.0. The van der Waals surface area contributed by atoms with Crippen LogP contribution in [0.5, 0.6) is 0 Å². The van der Waals surface area contributed by atoms with Gasteiger partial charge >= 0.3 is 0 Å². The number of rotatable bonds is 6. The lowest BCUT2D eigenvalue weighted by molar-refractivity contribution is 0.0974. The molecule has 0 atom stereocenters. The third-order valence-corrected chi connectivity index (χ3v) is 4.93. The summed E-state index contributed by atoms with van der Waals surface area (Å²) in [6.07, 6.45) is 2.05. The summed E-state index contributed by atoms with van der Waals surface area (Å²) >= 11 is 0. The minimum absolute atomic E-state index is 0.0320. The first kappa shape index (κ1) is 15.7. The van der Waals surface area contributed by atoms with Gasteiger partial charge in [0.1, 0.15) is 5.76 Å². The summed E-state index contributed by atoms with van der Waals surface area (Å²) in [7, 11) is -3.67. The Balaban J connectivity index is 2.94. The van der Waals surface area contributed by atoms with E-state index < -0.39 is 21.2 Å². The fraction of sp³-hybridized carbons (Fsp3) is 0.667. The van der Waals surface area contributed by atoms with Crippen LogP contribution >= 0.6 is 0 Å². The van der Waals surface area contributed by atoms with Gasteiger partial charge in [-0.1, -0.05) is 27.7 Å². The molecule has 1 aromatic heterocycles. The highest BCUT2D eigenvalue weighted by molar-refractivity contribution is 7.90. The molecule has 0 fully saturated rings. The van der Waals surface area contributed by atoms with Crippen LogP contribution in [0.4, 0.5) is 0 Å². The van der Waals surface area contributed by atoms with E-state index in [4.69, 9.17) is 4.42 Å². The molecular formula is C12H20N2O4S. The van der Waals surface area contributed by atoms with Gasteiger partial charge in [0.15, 0.2) is 12.1 Å². The van der Waals surface area contributed by atoms with Gasteiger partial charge in [-0.15, -0.1) is 0 Å². The SMILES string of the molecule is CCC(CC)S(=O)(=O)NC(=O)c1ncoc1C(C)C. The fourth-order valence-corrected chi connectivity index (χ4v) is 3.22. The van der Waals surface area contributed by atoms with Crippen LogP contribution in [0.25, 0.3) is 0 Å². The van der Waals surface area contributed by atoms with Crippen LogP contribution in [-0.2, 0) is 10.0 Å². The zero-order valence-corrected chi connectivity index (χ0v) is 12.5. The van der Waals surface area contributed by atoms with Crippen LogP contribution in [0, 0.1) is 0 Å². The molecule has 0 saturated heterocycles. The topological polar surface area (TPSA) is 89.3 Å². The molecule has 6 nitrogen and oxygen atoms in total. The van der Waals surface area contributed by atoms with E-state index >= 15 is 0 Å². The van der Waals surface area contributed by atoms with Crippen molar-refractivity contribution in [2.45, 2.75) is 51.7 Å². The van der Waals surface area contributed by atoms with Crippen molar-refractivity contribution in [2.24, 2.45) is 0 Å². The van der Waals surface area contributed by atoms with E-state index in [-0.39, 0.29) is 11.6 Å². The zero-order valence-electron chi connectivity index (χ0n) is 11.6. The Kier molecular flexibility index (Phi) is 5.11. The number of carbonyl (C=O) groups excluding carboxylic acids is 1. The molecular weight excluding hydrogens is 268 g/mol. The van der Waals surface area contributed by atoms with Crippen molar-refractivity contribution in [3.8, 4) is 0 Å². The summed E-state index contributed by atoms with van der Waals surface area (Å²) in [5.74, 6) is -0.388. The third kappa shape index (κ3) is 3.56. The number of amides is 1. The number of hydrogen-bond donors (Lipinski definition) is 1. The van der Waals surface area contributed by atoms with Crippen LogP contribution < -0.4 is 4.72 Å². The second-order valence-electron chi connectivity index (χ2n) is 4.63. The quantitative estimate of drug-likeness (QED) is 0.865. The molecule has 0 aromatic carbocycles. The highest BCUT2D eigenvalue weighted by Gasteiger charge is 2.27. The lowest BCUT2D eigenvalue weighted by Crippen LogP contribution is -2.38. The number of carbonyl (C=O) groups is 1. The van der Waals surface area contributed by atoms with Gasteiger partial charge in [-0.3, -0.25) is 4.79 Å². The normalized spacial score (nSPS) is 12.1. The van der Waals surface area contributed by atoms with E-state index in [2.05, 4.69) is 9.71 Å². The van der Waals surface area contributed by atoms with E-state index in [0.717, 1.165) is 6.39 Å². The van der Waals surface area contributed by atoms with Gasteiger partial charge < -0.3 is 4.42 Å². The molecule has 0 aliphatic heterocycles. The number of oxazole rings is 1. The molecule has 7 heteroatoms. The summed E-state index contributed by atoms with van der Waals surface area (Å²) in [4.78, 5) is 15.8. The van der Waals surface area contributed by atoms with Crippen LogP contribution in [0.2, 0.25) is 0 Å². The van der Waals surface area contributed by atoms with Gasteiger partial charge in [-0.25, -0.2) is 18.1 Å². The first-order chi connectivity index (χ1) is 8.83. The molecule has 1 heterocycles. The van der Waals surface area contributed by atoms with Crippen LogP contribution in [-0.4, -0.2) is 24.6 Å². The molecule has 0 aliphatic rings. The van der Waals surface area contributed by atoms with Crippen LogP contribution in [0.15, 0.2) is 10.8 Å². The number of sulfonamides is 1. The summed E-state index contributed by atoms with van der Waals surface area (Å²) in [5.41, 5.74) is 0.0320. The predicted octanol–water partition coefficient (Wildman–Crippen LogP) is 2.05. The van der Waals surface area contributed by atoms with E-state index in [1.54, 1.807) is 13.8 Å². The maximum Gasteiger partial charge on any atom is 0.286 e. The Bertz CT molecular complexity index is 530. The van der Waals surface area contributed by atoms with Crippen molar-refractivity contribution in [3.63, 3.8) is 0 Å². The Morgan fingerprint density at radius 3 is 2.42 bits per heavy atom. The van der Waals surface area contributed by atoms with Crippen molar-refractivity contribution >= 4 is 15.9 Å². The number of nitrogens with one attached hydrogen (secondary N) is 1. The Hall–Kier alpha value is -1.37. The lowest BCUT2D eigenvalue weighted by atomic mass is 10.1. The average Bonchev–Trinajstić information content (AvgIpc) is 2.78. The van der Waals surface area contributed by atoms with Crippen molar-refractivity contribution < 1.29 is 17.6 Å². The smallest absolute Gasteiger partial charge is 0.286 e. The maximum atomic E-state index is 12.0. The number of aromatic nitrogens is 1. The molecule has 0 bridgehead atoms. The largest absolute Gasteiger partial charge is 0.447 e. The lowest BCUT2D eigenvalue weighted by Gasteiger charge is -2.14. The summed E-state index contributed by atoms with van der Waals surface area (Å²) < 4.78 is 31.2. The van der Waals surface area contributed by atoms with Crippen molar-refractivity contribution in [3.05, 3.63) is 17.8 Å². The zero-order chi connectivity index (χ0) is 14.6. The van der Waals surface area contributed by atoms with E-state index in [0.29, 0.717) is 18.6 Å². The average molecular weight is 288 g/mol. The van der Waals surface area contributed by atoms with Crippen molar-refractivity contribution in [2.75, 3.05) is 0 Å². The standard InChI is InChI=1S/C12H20N2O4S/c1-5-9(6-2)19(16,17)14-12(15)10-11(8(3)4)18-7-13-10/h7-9H,5-6H2,1-4H3,(H,14,15). The number of nitrogens with zero attached hydrogens (tertiary/aromatic N) is 1. The molecule has 1 rings (SSSR count). The second-order valence-corrected chi connectivity index (χ2v) is 6.60. The molecule has 0 radical (unpaired) electrons. The minimum atomic E-state index is -3.67. The Morgan fingerprint density at radius 1 is 1.37 bits per heavy atom. The third-order valence-electron chi connectivity index (χ3n) is 2.92. The van der Waals surface area contributed by atoms with Gasteiger partial charge in [0, 0.05) is 5.92 Å². The Morgan fingerprint density at radius 2 is 1.95 bits per heavy atom. The molecule has 1 N–H and O–H groups in total. The van der Waals surface area contributed by atoms with E-state index in [9.17, 15) is 13.2 Å². The van der Waals surface area contributed by atoms with Crippen LogP contribution in [0.1, 0.15) is 62.7 Å². The van der Waals surface area contributed by atoms with Crippen LogP contribution in [0.3, 0.4) is 0 Å². The molecule has 108 valence electrons. The van der Waals surface area contributed by atoms with Gasteiger partial charge in [0.05, 0.1) is 5.25 Å². The summed E-state index contributed by atoms with van der Waals surface area (Å²) in [5, 5.41) is -0.578. The monoisotopic (exact) mass is 288 g/mol. The molecule has 19 heavy (non-hydrogen) atoms. The number of hydrogen-bond acceptors (Lipinski definition) is 5.